The summed E-state index contributed by atoms with van der Waals surface area (Å²) in [4.78, 5) is 19.5. The van der Waals surface area contributed by atoms with Crippen molar-refractivity contribution in [2.24, 2.45) is 0 Å². The maximum Gasteiger partial charge on any atom is 0.469 e. The second kappa shape index (κ2) is 13.8. The Morgan fingerprint density at radius 1 is 0.875 bits per heavy atom. The van der Waals surface area contributed by atoms with Gasteiger partial charge in [0.05, 0.1) is 32.5 Å². The molecule has 0 saturated carbocycles. The Labute approximate surface area is 190 Å². The van der Waals surface area contributed by atoms with Gasteiger partial charge in [-0.1, -0.05) is 60.7 Å². The number of benzene rings is 2. The number of hydrogen-bond donors (Lipinski definition) is 3. The fourth-order valence-corrected chi connectivity index (χ4v) is 3.61. The first-order valence-electron chi connectivity index (χ1n) is 10.7. The van der Waals surface area contributed by atoms with Crippen molar-refractivity contribution in [3.05, 3.63) is 71.8 Å². The van der Waals surface area contributed by atoms with E-state index in [-0.39, 0.29) is 38.0 Å². The van der Waals surface area contributed by atoms with Crippen molar-refractivity contribution in [3.63, 3.8) is 0 Å². The van der Waals surface area contributed by atoms with Crippen LogP contribution in [0.4, 0.5) is 0 Å². The van der Waals surface area contributed by atoms with E-state index >= 15 is 0 Å². The van der Waals surface area contributed by atoms with E-state index in [2.05, 4.69) is 4.52 Å². The van der Waals surface area contributed by atoms with E-state index in [0.29, 0.717) is 19.8 Å². The van der Waals surface area contributed by atoms with Gasteiger partial charge < -0.3 is 24.4 Å². The predicted molar refractivity (Wildman–Crippen MR) is 122 cm³/mol. The Morgan fingerprint density at radius 3 is 1.94 bits per heavy atom. The summed E-state index contributed by atoms with van der Waals surface area (Å²) in [5, 5.41) is 9.29. The van der Waals surface area contributed by atoms with Gasteiger partial charge >= 0.3 is 7.82 Å². The van der Waals surface area contributed by atoms with Gasteiger partial charge in [0.2, 0.25) is 0 Å². The van der Waals surface area contributed by atoms with Gasteiger partial charge in [-0.2, -0.15) is 0 Å². The van der Waals surface area contributed by atoms with Gasteiger partial charge in [-0.3, -0.25) is 9.42 Å². The molecule has 2 aromatic carbocycles. The summed E-state index contributed by atoms with van der Waals surface area (Å²) < 4.78 is 27.6. The number of phosphoric ester groups is 1. The van der Waals surface area contributed by atoms with E-state index < -0.39 is 7.82 Å². The molecule has 0 spiro atoms. The minimum atomic E-state index is -4.51. The fraction of sp³-hybridized carbons (Fsp3) is 0.478. The molecule has 178 valence electrons. The third kappa shape index (κ3) is 9.90. The molecule has 0 radical (unpaired) electrons. The highest BCUT2D eigenvalue weighted by molar-refractivity contribution is 7.46. The Bertz CT molecular complexity index is 763. The second-order valence-corrected chi connectivity index (χ2v) is 8.85. The van der Waals surface area contributed by atoms with E-state index in [1.54, 1.807) is 0 Å². The molecule has 0 aliphatic heterocycles. The first-order chi connectivity index (χ1) is 15.3. The van der Waals surface area contributed by atoms with Crippen LogP contribution in [-0.2, 0) is 18.6 Å². The van der Waals surface area contributed by atoms with E-state index in [9.17, 15) is 9.67 Å². The second-order valence-electron chi connectivity index (χ2n) is 7.61. The molecule has 0 heterocycles. The van der Waals surface area contributed by atoms with Gasteiger partial charge in [0.15, 0.2) is 0 Å². The number of nitrogens with zero attached hydrogens (tertiary/aromatic N) is 1. The topological polar surface area (TPSA) is 109 Å². The van der Waals surface area contributed by atoms with E-state index in [4.69, 9.17) is 19.3 Å². The van der Waals surface area contributed by atoms with E-state index in [1.165, 1.54) is 0 Å². The Hall–Kier alpha value is -1.61. The molecule has 0 aromatic heterocycles. The monoisotopic (exact) mass is 467 g/mol. The molecule has 0 amide bonds. The van der Waals surface area contributed by atoms with Gasteiger partial charge in [-0.05, 0) is 25.0 Å². The number of ether oxygens (including phenoxy) is 2. The molecular formula is C23H34NO7P. The van der Waals surface area contributed by atoms with Gasteiger partial charge in [-0.25, -0.2) is 4.57 Å². The molecule has 2 rings (SSSR count). The molecular weight excluding hydrogens is 433 g/mol. The lowest BCUT2D eigenvalue weighted by molar-refractivity contribution is -0.0439. The average molecular weight is 467 g/mol. The van der Waals surface area contributed by atoms with Gasteiger partial charge in [0.25, 0.3) is 0 Å². The number of aliphatic hydroxyl groups excluding tert-OH is 1. The number of phosphoric acid groups is 1. The van der Waals surface area contributed by atoms with Crippen LogP contribution in [0.1, 0.15) is 31.1 Å². The van der Waals surface area contributed by atoms with Crippen molar-refractivity contribution >= 4 is 7.82 Å². The molecule has 9 heteroatoms. The van der Waals surface area contributed by atoms with Crippen LogP contribution >= 0.6 is 7.82 Å². The lowest BCUT2D eigenvalue weighted by Gasteiger charge is -2.29. The molecule has 32 heavy (non-hydrogen) atoms. The predicted octanol–water partition coefficient (Wildman–Crippen LogP) is 2.99. The first kappa shape index (κ1) is 26.6. The zero-order valence-corrected chi connectivity index (χ0v) is 19.5. The van der Waals surface area contributed by atoms with Crippen LogP contribution in [0.3, 0.4) is 0 Å². The highest BCUT2D eigenvalue weighted by Gasteiger charge is 2.20. The Balaban J connectivity index is 1.86. The summed E-state index contributed by atoms with van der Waals surface area (Å²) in [6.45, 7) is 5.04. The van der Waals surface area contributed by atoms with Crippen LogP contribution in [0.15, 0.2) is 60.7 Å². The highest BCUT2D eigenvalue weighted by Crippen LogP contribution is 2.35. The SMILES string of the molecule is CC(COC(c1ccccc1)c1ccccc1)OCC(C)N(CCO)CCOP(=O)(O)O. The Kier molecular flexibility index (Phi) is 11.5. The van der Waals surface area contributed by atoms with E-state index in [0.717, 1.165) is 11.1 Å². The van der Waals surface area contributed by atoms with Crippen molar-refractivity contribution in [1.29, 1.82) is 0 Å². The smallest absolute Gasteiger partial charge is 0.395 e. The quantitative estimate of drug-likeness (QED) is 0.343. The molecule has 2 atom stereocenters. The third-order valence-corrected chi connectivity index (χ3v) is 5.49. The van der Waals surface area contributed by atoms with Gasteiger partial charge in [-0.15, -0.1) is 0 Å². The summed E-state index contributed by atoms with van der Waals surface area (Å²) in [5.74, 6) is 0. The van der Waals surface area contributed by atoms with Crippen LogP contribution in [0.25, 0.3) is 0 Å². The standard InChI is InChI=1S/C23H34NO7P/c1-19(24(13-15-25)14-16-31-32(26,27)28)17-29-20(2)18-30-23(21-9-5-3-6-10-21)22-11-7-4-8-12-22/h3-12,19-20,23,25H,13-18H2,1-2H3,(H2,26,27,28). The molecule has 0 bridgehead atoms. The normalized spacial score (nSPS) is 14.1. The summed E-state index contributed by atoms with van der Waals surface area (Å²) in [6.07, 6.45) is -0.369. The van der Waals surface area contributed by atoms with Crippen molar-refractivity contribution in [3.8, 4) is 0 Å². The minimum absolute atomic E-state index is 0.0747. The van der Waals surface area contributed by atoms with Crippen molar-refractivity contribution in [1.82, 2.24) is 4.90 Å². The lowest BCUT2D eigenvalue weighted by Crippen LogP contribution is -2.41. The summed E-state index contributed by atoms with van der Waals surface area (Å²) >= 11 is 0. The van der Waals surface area contributed by atoms with Crippen molar-refractivity contribution in [2.45, 2.75) is 32.1 Å². The zero-order chi connectivity index (χ0) is 23.4. The number of hydrogen-bond acceptors (Lipinski definition) is 6. The van der Waals surface area contributed by atoms with Crippen LogP contribution in [0, 0.1) is 0 Å². The summed E-state index contributed by atoms with van der Waals surface area (Å²) in [6, 6.07) is 20.0. The van der Waals surface area contributed by atoms with Crippen LogP contribution < -0.4 is 0 Å². The lowest BCUT2D eigenvalue weighted by atomic mass is 10.0. The first-order valence-corrected chi connectivity index (χ1v) is 12.2. The molecule has 8 nitrogen and oxygen atoms in total. The third-order valence-electron chi connectivity index (χ3n) is 4.97. The van der Waals surface area contributed by atoms with Crippen LogP contribution in [-0.4, -0.2) is 71.5 Å². The van der Waals surface area contributed by atoms with E-state index in [1.807, 2.05) is 79.4 Å². The largest absolute Gasteiger partial charge is 0.469 e. The Morgan fingerprint density at radius 2 is 1.44 bits per heavy atom. The average Bonchev–Trinajstić information content (AvgIpc) is 2.77. The molecule has 2 aromatic rings. The summed E-state index contributed by atoms with van der Waals surface area (Å²) in [7, 11) is -4.51. The molecule has 2 unspecified atom stereocenters. The highest BCUT2D eigenvalue weighted by atomic mass is 31.2. The molecule has 0 fully saturated rings. The van der Waals surface area contributed by atoms with Gasteiger partial charge in [0.1, 0.15) is 6.10 Å². The van der Waals surface area contributed by atoms with Crippen LogP contribution in [0.5, 0.6) is 0 Å². The maximum atomic E-state index is 10.9. The zero-order valence-electron chi connectivity index (χ0n) is 18.6. The minimum Gasteiger partial charge on any atom is -0.395 e. The fourth-order valence-electron chi connectivity index (χ4n) is 3.29. The van der Waals surface area contributed by atoms with Gasteiger partial charge in [0, 0.05) is 19.1 Å². The summed E-state index contributed by atoms with van der Waals surface area (Å²) in [5.41, 5.74) is 2.14. The van der Waals surface area contributed by atoms with Crippen molar-refractivity contribution < 1.29 is 33.5 Å². The van der Waals surface area contributed by atoms with Crippen molar-refractivity contribution in [2.75, 3.05) is 39.5 Å². The molecule has 0 aliphatic rings. The molecule has 0 saturated heterocycles. The molecule has 0 aliphatic carbocycles. The maximum absolute atomic E-state index is 10.9. The number of rotatable bonds is 15. The number of aliphatic hydroxyl groups is 1. The molecule has 3 N–H and O–H groups in total. The van der Waals surface area contributed by atoms with Crippen LogP contribution in [0.2, 0.25) is 0 Å².